The monoisotopic (exact) mass is 586 g/mol. The third-order valence-electron chi connectivity index (χ3n) is 7.62. The van der Waals surface area contributed by atoms with Gasteiger partial charge in [-0.2, -0.15) is 4.31 Å². The van der Waals surface area contributed by atoms with Gasteiger partial charge in [-0.1, -0.05) is 11.2 Å². The summed E-state index contributed by atoms with van der Waals surface area (Å²) in [5, 5.41) is 3.81. The van der Waals surface area contributed by atoms with E-state index in [9.17, 15) is 22.0 Å². The molecular formula is C29H32F2N4O5S. The summed E-state index contributed by atoms with van der Waals surface area (Å²) in [7, 11) is -2.36. The molecule has 0 saturated carbocycles. The van der Waals surface area contributed by atoms with E-state index in [1.54, 1.807) is 7.11 Å². The third-order valence-corrected chi connectivity index (χ3v) is 9.68. The number of amides is 1. The zero-order chi connectivity index (χ0) is 29.1. The smallest absolute Gasteiger partial charge is 0.248 e. The van der Waals surface area contributed by atoms with Crippen molar-refractivity contribution in [3.05, 3.63) is 71.1 Å². The molecule has 2 aromatic carbocycles. The molecule has 2 fully saturated rings. The van der Waals surface area contributed by atoms with Gasteiger partial charge in [0.1, 0.15) is 23.1 Å². The van der Waals surface area contributed by atoms with Crippen molar-refractivity contribution in [1.82, 2.24) is 14.4 Å². The molecule has 2 saturated heterocycles. The van der Waals surface area contributed by atoms with Gasteiger partial charge < -0.3 is 19.1 Å². The number of hydrogen-bond donors (Lipinski definition) is 0. The molecule has 3 heterocycles. The van der Waals surface area contributed by atoms with Crippen LogP contribution in [-0.4, -0.2) is 75.1 Å². The van der Waals surface area contributed by atoms with Crippen molar-refractivity contribution in [2.75, 3.05) is 51.3 Å². The van der Waals surface area contributed by atoms with Crippen molar-refractivity contribution >= 4 is 33.8 Å². The van der Waals surface area contributed by atoms with E-state index in [2.05, 4.69) is 10.1 Å². The van der Waals surface area contributed by atoms with E-state index in [-0.39, 0.29) is 46.8 Å². The number of carbonyl (C=O) groups is 1. The van der Waals surface area contributed by atoms with Crippen LogP contribution < -0.4 is 9.64 Å². The van der Waals surface area contributed by atoms with Gasteiger partial charge in [-0.15, -0.1) is 0 Å². The zero-order valence-corrected chi connectivity index (χ0v) is 23.7. The third kappa shape index (κ3) is 6.13. The maximum atomic E-state index is 14.0. The van der Waals surface area contributed by atoms with E-state index in [1.807, 2.05) is 29.2 Å². The number of ether oxygens (including phenoxy) is 1. The molecule has 1 aromatic heterocycles. The first-order chi connectivity index (χ1) is 19.7. The average Bonchev–Trinajstić information content (AvgIpc) is 3.37. The number of rotatable bonds is 7. The number of anilines is 1. The molecule has 12 heteroatoms. The van der Waals surface area contributed by atoms with Gasteiger partial charge in [0.2, 0.25) is 15.9 Å². The number of benzene rings is 2. The number of halogens is 2. The quantitative estimate of drug-likeness (QED) is 0.410. The Balaban J connectivity index is 1.20. The van der Waals surface area contributed by atoms with Gasteiger partial charge >= 0.3 is 0 Å². The molecule has 0 atom stereocenters. The van der Waals surface area contributed by atoms with Crippen molar-refractivity contribution in [3.63, 3.8) is 0 Å². The predicted octanol–water partition coefficient (Wildman–Crippen LogP) is 4.19. The van der Waals surface area contributed by atoms with Crippen LogP contribution >= 0.6 is 0 Å². The Hall–Kier alpha value is -3.77. The first kappa shape index (κ1) is 28.7. The predicted molar refractivity (Wildman–Crippen MR) is 150 cm³/mol. The summed E-state index contributed by atoms with van der Waals surface area (Å²) >= 11 is 0. The number of sulfonamides is 1. The van der Waals surface area contributed by atoms with Crippen LogP contribution in [0, 0.1) is 24.5 Å². The molecule has 3 aromatic rings. The number of hydrogen-bond acceptors (Lipinski definition) is 7. The molecule has 2 aliphatic heterocycles. The van der Waals surface area contributed by atoms with Gasteiger partial charge in [-0.3, -0.25) is 4.79 Å². The Morgan fingerprint density at radius 2 is 1.76 bits per heavy atom. The first-order valence-electron chi connectivity index (χ1n) is 13.4. The van der Waals surface area contributed by atoms with Gasteiger partial charge in [0.25, 0.3) is 0 Å². The lowest BCUT2D eigenvalue weighted by Gasteiger charge is -2.39. The van der Waals surface area contributed by atoms with Crippen LogP contribution in [-0.2, 0) is 14.8 Å². The second-order valence-electron chi connectivity index (χ2n) is 10.2. The van der Waals surface area contributed by atoms with E-state index in [4.69, 9.17) is 9.26 Å². The normalized spacial score (nSPS) is 17.4. The van der Waals surface area contributed by atoms with Crippen molar-refractivity contribution in [2.45, 2.75) is 24.7 Å². The highest BCUT2D eigenvalue weighted by Crippen LogP contribution is 2.30. The van der Waals surface area contributed by atoms with Gasteiger partial charge in [0.15, 0.2) is 10.7 Å². The summed E-state index contributed by atoms with van der Waals surface area (Å²) in [6, 6.07) is 10.9. The van der Waals surface area contributed by atoms with Crippen LogP contribution in [0.1, 0.15) is 29.9 Å². The highest BCUT2D eigenvalue weighted by atomic mass is 32.2. The molecule has 1 amide bonds. The summed E-state index contributed by atoms with van der Waals surface area (Å²) in [6.45, 7) is 4.49. The number of carbonyl (C=O) groups excluding carboxylic acids is 1. The molecule has 5 rings (SSSR count). The number of methoxy groups -OCH3 is 1. The Morgan fingerprint density at radius 3 is 2.44 bits per heavy atom. The fourth-order valence-electron chi connectivity index (χ4n) is 5.32. The van der Waals surface area contributed by atoms with E-state index >= 15 is 0 Å². The molecule has 41 heavy (non-hydrogen) atoms. The van der Waals surface area contributed by atoms with Crippen LogP contribution in [0.2, 0.25) is 0 Å². The second kappa shape index (κ2) is 12.0. The molecule has 0 unspecified atom stereocenters. The lowest BCUT2D eigenvalue weighted by Crippen LogP contribution is -2.52. The summed E-state index contributed by atoms with van der Waals surface area (Å²) in [5.41, 5.74) is 1.31. The van der Waals surface area contributed by atoms with Gasteiger partial charge in [-0.25, -0.2) is 17.2 Å². The van der Waals surface area contributed by atoms with Crippen LogP contribution in [0.25, 0.3) is 12.2 Å². The van der Waals surface area contributed by atoms with Crippen molar-refractivity contribution in [3.8, 4) is 5.75 Å². The van der Waals surface area contributed by atoms with Crippen molar-refractivity contribution in [1.29, 1.82) is 0 Å². The topological polar surface area (TPSA) is 96.2 Å². The second-order valence-corrected chi connectivity index (χ2v) is 12.0. The van der Waals surface area contributed by atoms with E-state index in [0.29, 0.717) is 39.0 Å². The molecule has 2 aliphatic rings. The number of aromatic nitrogens is 1. The number of aryl methyl sites for hydroxylation is 1. The van der Waals surface area contributed by atoms with Crippen molar-refractivity contribution < 1.29 is 31.3 Å². The summed E-state index contributed by atoms with van der Waals surface area (Å²) < 4.78 is 66.3. The number of piperazine rings is 1. The molecule has 9 nitrogen and oxygen atoms in total. The maximum absolute atomic E-state index is 14.0. The van der Waals surface area contributed by atoms with E-state index in [0.717, 1.165) is 23.6 Å². The molecule has 0 bridgehead atoms. The molecule has 0 N–H and O–H groups in total. The highest BCUT2D eigenvalue weighted by Gasteiger charge is 2.37. The lowest BCUT2D eigenvalue weighted by molar-refractivity contribution is -0.137. The molecule has 0 spiro atoms. The summed E-state index contributed by atoms with van der Waals surface area (Å²) in [4.78, 5) is 17.3. The molecule has 0 radical (unpaired) electrons. The molecular weight excluding hydrogens is 554 g/mol. The maximum Gasteiger partial charge on any atom is 0.248 e. The SMILES string of the molecule is COc1cccc(N2CCN(C(=O)C3CCN(S(=O)(=O)c4c(C)noc4/C=C/c4ccc(F)cc4F)CC3)CC2)c1. The Bertz CT molecular complexity index is 1540. The van der Waals surface area contributed by atoms with Gasteiger partial charge in [-0.05, 0) is 56.2 Å². The fourth-order valence-corrected chi connectivity index (χ4v) is 7.04. The van der Waals surface area contributed by atoms with E-state index < -0.39 is 21.7 Å². The Labute approximate surface area is 238 Å². The van der Waals surface area contributed by atoms with Crippen LogP contribution in [0.5, 0.6) is 5.75 Å². The lowest BCUT2D eigenvalue weighted by atomic mass is 9.96. The summed E-state index contributed by atoms with van der Waals surface area (Å²) in [6.07, 6.45) is 3.44. The largest absolute Gasteiger partial charge is 0.497 e. The highest BCUT2D eigenvalue weighted by molar-refractivity contribution is 7.89. The standard InChI is InChI=1S/C29H32F2N4O5S/c1-20-28(27(40-32-20)9-7-21-6-8-23(30)18-26(21)31)41(37,38)35-12-10-22(11-13-35)29(36)34-16-14-33(15-17-34)24-4-3-5-25(19-24)39-2/h3-9,18-19,22H,10-17H2,1-2H3/b9-7+. The fraction of sp³-hybridized carbons (Fsp3) is 0.379. The minimum absolute atomic E-state index is 0.0432. The number of piperidine rings is 1. The van der Waals surface area contributed by atoms with Crippen LogP contribution in [0.3, 0.4) is 0 Å². The molecule has 0 aliphatic carbocycles. The zero-order valence-electron chi connectivity index (χ0n) is 22.9. The minimum Gasteiger partial charge on any atom is -0.497 e. The number of nitrogens with zero attached hydrogens (tertiary/aromatic N) is 4. The van der Waals surface area contributed by atoms with Crippen LogP contribution in [0.15, 0.2) is 51.9 Å². The molecule has 218 valence electrons. The van der Waals surface area contributed by atoms with Crippen molar-refractivity contribution in [2.24, 2.45) is 5.92 Å². The minimum atomic E-state index is -3.99. The Kier molecular flexibility index (Phi) is 8.41. The van der Waals surface area contributed by atoms with E-state index in [1.165, 1.54) is 29.4 Å². The Morgan fingerprint density at radius 1 is 1.02 bits per heavy atom. The van der Waals surface area contributed by atoms with Gasteiger partial charge in [0.05, 0.1) is 7.11 Å². The first-order valence-corrected chi connectivity index (χ1v) is 14.9. The average molecular weight is 587 g/mol. The van der Waals surface area contributed by atoms with Gasteiger partial charge in [0, 0.05) is 68.6 Å². The summed E-state index contributed by atoms with van der Waals surface area (Å²) in [5.74, 6) is -0.953. The van der Waals surface area contributed by atoms with Crippen LogP contribution in [0.4, 0.5) is 14.5 Å².